The molecule has 0 radical (unpaired) electrons. The Labute approximate surface area is 89.1 Å². The highest BCUT2D eigenvalue weighted by Crippen LogP contribution is 2.19. The van der Waals surface area contributed by atoms with Crippen LogP contribution in [0, 0.1) is 0 Å². The number of methoxy groups -OCH3 is 1. The van der Waals surface area contributed by atoms with Crippen molar-refractivity contribution < 1.29 is 29.9 Å². The quantitative estimate of drug-likeness (QED) is 0.453. The molecule has 0 amide bonds. The summed E-state index contributed by atoms with van der Waals surface area (Å²) in [5.74, 6) is 0. The first kappa shape index (κ1) is 14.8. The predicted octanol–water partition coefficient (Wildman–Crippen LogP) is -1.54. The van der Waals surface area contributed by atoms with Crippen molar-refractivity contribution in [2.75, 3.05) is 13.7 Å². The SMILES string of the molecule is CC.COC[C@H]1O[C@H](O)[C@H](O)[C@@H](O)[C@@H]1O. The maximum Gasteiger partial charge on any atom is 0.184 e. The van der Waals surface area contributed by atoms with Gasteiger partial charge in [-0.1, -0.05) is 13.8 Å². The van der Waals surface area contributed by atoms with Crippen molar-refractivity contribution in [3.8, 4) is 0 Å². The van der Waals surface area contributed by atoms with Gasteiger partial charge in [-0.15, -0.1) is 0 Å². The Morgan fingerprint density at radius 2 is 1.53 bits per heavy atom. The van der Waals surface area contributed by atoms with E-state index in [1.54, 1.807) is 0 Å². The van der Waals surface area contributed by atoms with E-state index in [1.807, 2.05) is 13.8 Å². The lowest BCUT2D eigenvalue weighted by Crippen LogP contribution is -2.58. The molecule has 1 rings (SSSR count). The monoisotopic (exact) mass is 224 g/mol. The summed E-state index contributed by atoms with van der Waals surface area (Å²) < 4.78 is 9.49. The minimum Gasteiger partial charge on any atom is -0.387 e. The largest absolute Gasteiger partial charge is 0.387 e. The van der Waals surface area contributed by atoms with E-state index in [0.717, 1.165) is 0 Å². The summed E-state index contributed by atoms with van der Waals surface area (Å²) in [7, 11) is 1.40. The summed E-state index contributed by atoms with van der Waals surface area (Å²) in [5, 5.41) is 36.7. The smallest absolute Gasteiger partial charge is 0.184 e. The summed E-state index contributed by atoms with van der Waals surface area (Å²) >= 11 is 0. The van der Waals surface area contributed by atoms with Crippen LogP contribution >= 0.6 is 0 Å². The second-order valence-corrected chi connectivity index (χ2v) is 2.99. The zero-order chi connectivity index (χ0) is 12.0. The molecular weight excluding hydrogens is 204 g/mol. The Morgan fingerprint density at radius 3 is 2.00 bits per heavy atom. The summed E-state index contributed by atoms with van der Waals surface area (Å²) in [6.07, 6.45) is -6.46. The zero-order valence-electron chi connectivity index (χ0n) is 9.20. The minimum atomic E-state index is -1.49. The molecule has 0 aliphatic carbocycles. The van der Waals surface area contributed by atoms with E-state index in [1.165, 1.54) is 7.11 Å². The van der Waals surface area contributed by atoms with Crippen molar-refractivity contribution in [1.29, 1.82) is 0 Å². The van der Waals surface area contributed by atoms with Gasteiger partial charge in [-0.3, -0.25) is 0 Å². The van der Waals surface area contributed by atoms with Gasteiger partial charge in [-0.2, -0.15) is 0 Å². The van der Waals surface area contributed by atoms with Gasteiger partial charge in [0, 0.05) is 7.11 Å². The molecule has 6 heteroatoms. The molecule has 1 heterocycles. The number of hydrogen-bond acceptors (Lipinski definition) is 6. The van der Waals surface area contributed by atoms with Crippen LogP contribution in [0.2, 0.25) is 0 Å². The van der Waals surface area contributed by atoms with Crippen molar-refractivity contribution >= 4 is 0 Å². The standard InChI is InChI=1S/C7H14O6.C2H6/c1-12-2-3-4(8)5(9)6(10)7(11)13-3;1-2/h3-11H,2H2,1H3;1-2H3/t3-,4-,5+,6-,7+;/m1./s1. The molecular formula is C9H20O6. The van der Waals surface area contributed by atoms with Crippen LogP contribution in [0.4, 0.5) is 0 Å². The number of rotatable bonds is 2. The van der Waals surface area contributed by atoms with Crippen LogP contribution in [0.15, 0.2) is 0 Å². The number of hydrogen-bond donors (Lipinski definition) is 4. The normalized spacial score (nSPS) is 40.6. The highest BCUT2D eigenvalue weighted by atomic mass is 16.6. The lowest BCUT2D eigenvalue weighted by molar-refractivity contribution is -0.287. The summed E-state index contributed by atoms with van der Waals surface area (Å²) in [6.45, 7) is 4.04. The lowest BCUT2D eigenvalue weighted by atomic mass is 9.99. The Bertz CT molecular complexity index is 165. The van der Waals surface area contributed by atoms with E-state index in [-0.39, 0.29) is 6.61 Å². The molecule has 6 nitrogen and oxygen atoms in total. The van der Waals surface area contributed by atoms with Crippen molar-refractivity contribution in [2.24, 2.45) is 0 Å². The average molecular weight is 224 g/mol. The fourth-order valence-electron chi connectivity index (χ4n) is 1.23. The van der Waals surface area contributed by atoms with E-state index in [9.17, 15) is 10.2 Å². The molecule has 0 unspecified atom stereocenters. The molecule has 0 aromatic rings. The van der Waals surface area contributed by atoms with Gasteiger partial charge in [0.1, 0.15) is 24.4 Å². The molecule has 5 atom stereocenters. The van der Waals surface area contributed by atoms with Crippen LogP contribution in [0.25, 0.3) is 0 Å². The maximum absolute atomic E-state index is 9.33. The predicted molar refractivity (Wildman–Crippen MR) is 52.1 cm³/mol. The summed E-state index contributed by atoms with van der Waals surface area (Å²) in [5.41, 5.74) is 0. The van der Waals surface area contributed by atoms with Crippen molar-refractivity contribution in [2.45, 2.75) is 44.6 Å². The van der Waals surface area contributed by atoms with Crippen LogP contribution in [0.3, 0.4) is 0 Å². The van der Waals surface area contributed by atoms with E-state index in [2.05, 4.69) is 0 Å². The third-order valence-corrected chi connectivity index (χ3v) is 2.02. The molecule has 0 saturated carbocycles. The van der Waals surface area contributed by atoms with Gasteiger partial charge < -0.3 is 29.9 Å². The fraction of sp³-hybridized carbons (Fsp3) is 1.00. The van der Waals surface area contributed by atoms with Gasteiger partial charge in [-0.05, 0) is 0 Å². The molecule has 1 aliphatic rings. The fourth-order valence-corrected chi connectivity index (χ4v) is 1.23. The first-order chi connectivity index (χ1) is 7.07. The third kappa shape index (κ3) is 3.67. The van der Waals surface area contributed by atoms with Gasteiger partial charge in [0.05, 0.1) is 6.61 Å². The van der Waals surface area contributed by atoms with Gasteiger partial charge in [0.25, 0.3) is 0 Å². The van der Waals surface area contributed by atoms with Crippen LogP contribution in [0.1, 0.15) is 13.8 Å². The first-order valence-electron chi connectivity index (χ1n) is 4.94. The molecule has 15 heavy (non-hydrogen) atoms. The second kappa shape index (κ2) is 7.10. The molecule has 1 aliphatic heterocycles. The average Bonchev–Trinajstić information content (AvgIpc) is 2.26. The molecule has 92 valence electrons. The Kier molecular flexibility index (Phi) is 6.99. The molecule has 0 bridgehead atoms. The summed E-state index contributed by atoms with van der Waals surface area (Å²) in [4.78, 5) is 0. The van der Waals surface area contributed by atoms with E-state index < -0.39 is 30.7 Å². The van der Waals surface area contributed by atoms with Gasteiger partial charge >= 0.3 is 0 Å². The molecule has 0 aromatic heterocycles. The topological polar surface area (TPSA) is 99.4 Å². The van der Waals surface area contributed by atoms with Gasteiger partial charge in [0.15, 0.2) is 6.29 Å². The molecule has 1 fully saturated rings. The van der Waals surface area contributed by atoms with E-state index in [0.29, 0.717) is 0 Å². The minimum absolute atomic E-state index is 0.0437. The second-order valence-electron chi connectivity index (χ2n) is 2.99. The van der Waals surface area contributed by atoms with Crippen LogP contribution in [0.5, 0.6) is 0 Å². The highest BCUT2D eigenvalue weighted by Gasteiger charge is 2.42. The van der Waals surface area contributed by atoms with Crippen molar-refractivity contribution in [3.05, 3.63) is 0 Å². The lowest BCUT2D eigenvalue weighted by Gasteiger charge is -2.37. The first-order valence-corrected chi connectivity index (χ1v) is 4.94. The highest BCUT2D eigenvalue weighted by molar-refractivity contribution is 4.88. The van der Waals surface area contributed by atoms with Gasteiger partial charge in [-0.25, -0.2) is 0 Å². The molecule has 4 N–H and O–H groups in total. The molecule has 1 saturated heterocycles. The number of aliphatic hydroxyl groups excluding tert-OH is 4. The van der Waals surface area contributed by atoms with Crippen molar-refractivity contribution in [3.63, 3.8) is 0 Å². The Morgan fingerprint density at radius 1 is 1.00 bits per heavy atom. The number of ether oxygens (including phenoxy) is 2. The van der Waals surface area contributed by atoms with Gasteiger partial charge in [0.2, 0.25) is 0 Å². The van der Waals surface area contributed by atoms with Crippen LogP contribution < -0.4 is 0 Å². The Hall–Kier alpha value is -0.240. The van der Waals surface area contributed by atoms with E-state index in [4.69, 9.17) is 19.7 Å². The zero-order valence-corrected chi connectivity index (χ0v) is 9.20. The van der Waals surface area contributed by atoms with Crippen LogP contribution in [-0.4, -0.2) is 64.8 Å². The third-order valence-electron chi connectivity index (χ3n) is 2.02. The van der Waals surface area contributed by atoms with Crippen LogP contribution in [-0.2, 0) is 9.47 Å². The summed E-state index contributed by atoms with van der Waals surface area (Å²) in [6, 6.07) is 0. The van der Waals surface area contributed by atoms with Crippen molar-refractivity contribution in [1.82, 2.24) is 0 Å². The molecule has 0 aromatic carbocycles. The number of aliphatic hydroxyl groups is 4. The maximum atomic E-state index is 9.33. The van der Waals surface area contributed by atoms with E-state index >= 15 is 0 Å². The molecule has 0 spiro atoms. The Balaban J connectivity index is 0.000000921.